The van der Waals surface area contributed by atoms with Crippen LogP contribution in [-0.2, 0) is 14.2 Å². The second-order valence-corrected chi connectivity index (χ2v) is 7.84. The van der Waals surface area contributed by atoms with Crippen LogP contribution in [0.25, 0.3) is 11.2 Å². The number of aliphatic hydroxyl groups excluding tert-OH is 1. The van der Waals surface area contributed by atoms with Gasteiger partial charge in [0.1, 0.15) is 19.0 Å². The van der Waals surface area contributed by atoms with Crippen LogP contribution in [0.3, 0.4) is 0 Å². The molecule has 2 aliphatic rings. The number of carbonyl (C=O) groups is 1. The van der Waals surface area contributed by atoms with Crippen molar-refractivity contribution in [1.29, 1.82) is 0 Å². The number of nitrogens with one attached hydrogen (secondary N) is 1. The highest BCUT2D eigenvalue weighted by molar-refractivity contribution is 6.06. The summed E-state index contributed by atoms with van der Waals surface area (Å²) in [6.45, 7) is 2.42. The topological polar surface area (TPSA) is 121 Å². The third-order valence-electron chi connectivity index (χ3n) is 5.27. The Morgan fingerprint density at radius 2 is 1.97 bits per heavy atom. The average Bonchev–Trinajstić information content (AvgIpc) is 3.40. The Morgan fingerprint density at radius 3 is 2.71 bits per heavy atom. The van der Waals surface area contributed by atoms with Gasteiger partial charge >= 0.3 is 0 Å². The molecular weight excluding hydrogens is 409 g/mol. The van der Waals surface area contributed by atoms with Crippen LogP contribution in [-0.4, -0.2) is 61.0 Å². The first-order valence-corrected chi connectivity index (χ1v) is 9.68. The van der Waals surface area contributed by atoms with Crippen LogP contribution in [0.2, 0.25) is 0 Å². The number of anilines is 1. The number of imidazole rings is 1. The van der Waals surface area contributed by atoms with Gasteiger partial charge in [0.05, 0.1) is 6.33 Å². The molecule has 10 nitrogen and oxygen atoms in total. The summed E-state index contributed by atoms with van der Waals surface area (Å²) in [6.07, 6.45) is -0.313. The smallest absolute Gasteiger partial charge is 0.263 e. The van der Waals surface area contributed by atoms with Crippen molar-refractivity contribution in [2.75, 3.05) is 11.9 Å². The zero-order chi connectivity index (χ0) is 21.8. The van der Waals surface area contributed by atoms with Crippen LogP contribution < -0.4 is 5.32 Å². The molecule has 0 spiro atoms. The number of fused-ring (bicyclic) bond motifs is 2. The first kappa shape index (κ1) is 19.9. The quantitative estimate of drug-likeness (QED) is 0.644. The molecule has 0 bridgehead atoms. The minimum atomic E-state index is -2.45. The van der Waals surface area contributed by atoms with Crippen molar-refractivity contribution in [2.24, 2.45) is 0 Å². The van der Waals surface area contributed by atoms with E-state index in [1.54, 1.807) is 38.1 Å². The predicted molar refractivity (Wildman–Crippen MR) is 105 cm³/mol. The minimum absolute atomic E-state index is 0.199. The van der Waals surface area contributed by atoms with Crippen molar-refractivity contribution in [3.63, 3.8) is 0 Å². The number of ether oxygens (including phenoxy) is 3. The Labute approximate surface area is 176 Å². The van der Waals surface area contributed by atoms with Crippen LogP contribution in [0.1, 0.15) is 30.4 Å². The molecule has 2 saturated heterocycles. The zero-order valence-corrected chi connectivity index (χ0v) is 16.7. The molecule has 5 rings (SSSR count). The third-order valence-corrected chi connectivity index (χ3v) is 5.27. The van der Waals surface area contributed by atoms with E-state index in [2.05, 4.69) is 20.3 Å². The Kier molecular flexibility index (Phi) is 4.52. The summed E-state index contributed by atoms with van der Waals surface area (Å²) in [5, 5.41) is 12.3. The van der Waals surface area contributed by atoms with Crippen LogP contribution >= 0.6 is 0 Å². The van der Waals surface area contributed by atoms with E-state index in [0.29, 0.717) is 16.7 Å². The predicted octanol–water partition coefficient (Wildman–Crippen LogP) is 1.79. The summed E-state index contributed by atoms with van der Waals surface area (Å²) < 4.78 is 33.7. The van der Waals surface area contributed by atoms with Crippen LogP contribution in [0, 0.1) is 0 Å². The number of carbonyl (C=O) groups excluding carboxylic acids is 1. The second-order valence-electron chi connectivity index (χ2n) is 7.84. The van der Waals surface area contributed by atoms with Gasteiger partial charge in [0.15, 0.2) is 35.1 Å². The molecule has 2 N–H and O–H groups in total. The second kappa shape index (κ2) is 7.02. The maximum absolute atomic E-state index is 15.2. The molecule has 0 radical (unpaired) electrons. The number of nitrogens with zero attached hydrogens (tertiary/aromatic N) is 4. The summed E-state index contributed by atoms with van der Waals surface area (Å²) >= 11 is 0. The molecule has 4 heterocycles. The maximum Gasteiger partial charge on any atom is 0.263 e. The third kappa shape index (κ3) is 3.26. The number of hydrogen-bond donors (Lipinski definition) is 2. The first-order chi connectivity index (χ1) is 14.8. The number of halogens is 1. The number of alkyl halides is 1. The largest absolute Gasteiger partial charge is 0.390 e. The first-order valence-electron chi connectivity index (χ1n) is 9.68. The van der Waals surface area contributed by atoms with Gasteiger partial charge in [0, 0.05) is 5.56 Å². The molecular formula is C20H20FN5O5. The molecule has 2 aromatic heterocycles. The van der Waals surface area contributed by atoms with E-state index in [9.17, 15) is 9.90 Å². The molecule has 1 aromatic carbocycles. The fraction of sp³-hybridized carbons (Fsp3) is 0.400. The fourth-order valence-electron chi connectivity index (χ4n) is 3.91. The highest BCUT2D eigenvalue weighted by Gasteiger charge is 2.64. The van der Waals surface area contributed by atoms with E-state index < -0.39 is 36.7 Å². The lowest BCUT2D eigenvalue weighted by atomic mass is 10.1. The molecule has 1 amide bonds. The van der Waals surface area contributed by atoms with Gasteiger partial charge in [-0.15, -0.1) is 0 Å². The summed E-state index contributed by atoms with van der Waals surface area (Å²) in [5.74, 6) is -3.66. The van der Waals surface area contributed by atoms with Crippen LogP contribution in [0.4, 0.5) is 10.2 Å². The Bertz CT molecular complexity index is 1140. The number of aromatic nitrogens is 4. The number of hydrogen-bond acceptors (Lipinski definition) is 8. The van der Waals surface area contributed by atoms with Gasteiger partial charge in [-0.1, -0.05) is 18.2 Å². The molecule has 3 aromatic rings. The molecule has 31 heavy (non-hydrogen) atoms. The molecule has 1 unspecified atom stereocenters. The summed E-state index contributed by atoms with van der Waals surface area (Å²) in [7, 11) is 0. The normalized spacial score (nSPS) is 29.2. The molecule has 162 valence electrons. The van der Waals surface area contributed by atoms with Crippen molar-refractivity contribution in [1.82, 2.24) is 19.5 Å². The van der Waals surface area contributed by atoms with E-state index in [1.165, 1.54) is 17.2 Å². The van der Waals surface area contributed by atoms with Crippen molar-refractivity contribution < 1.29 is 28.5 Å². The SMILES string of the molecule is CC1(C)OC2[C@H](n3cnc4c(NC(=O)c5ccccc5)ncnc43)O[C@](F)(CO)[C@@H]2O1. The van der Waals surface area contributed by atoms with Gasteiger partial charge < -0.3 is 24.6 Å². The molecule has 2 fully saturated rings. The van der Waals surface area contributed by atoms with Crippen molar-refractivity contribution in [3.8, 4) is 0 Å². The van der Waals surface area contributed by atoms with Gasteiger partial charge in [0.25, 0.3) is 11.8 Å². The Balaban J connectivity index is 1.50. The Morgan fingerprint density at radius 1 is 1.19 bits per heavy atom. The van der Waals surface area contributed by atoms with Gasteiger partial charge in [-0.05, 0) is 26.0 Å². The highest BCUT2D eigenvalue weighted by atomic mass is 19.2. The van der Waals surface area contributed by atoms with Gasteiger partial charge in [-0.25, -0.2) is 19.3 Å². The van der Waals surface area contributed by atoms with Gasteiger partial charge in [-0.3, -0.25) is 9.36 Å². The van der Waals surface area contributed by atoms with E-state index >= 15 is 4.39 Å². The molecule has 0 aliphatic carbocycles. The number of benzene rings is 1. The average molecular weight is 429 g/mol. The fourth-order valence-corrected chi connectivity index (χ4v) is 3.91. The van der Waals surface area contributed by atoms with Crippen molar-refractivity contribution in [3.05, 3.63) is 48.5 Å². The lowest BCUT2D eigenvalue weighted by Gasteiger charge is -2.27. The van der Waals surface area contributed by atoms with Crippen molar-refractivity contribution in [2.45, 2.75) is 43.9 Å². The summed E-state index contributed by atoms with van der Waals surface area (Å²) in [4.78, 5) is 25.2. The molecule has 2 aliphatic heterocycles. The minimum Gasteiger partial charge on any atom is -0.390 e. The molecule has 11 heteroatoms. The van der Waals surface area contributed by atoms with Crippen LogP contribution in [0.5, 0.6) is 0 Å². The highest BCUT2D eigenvalue weighted by Crippen LogP contribution is 2.49. The zero-order valence-electron chi connectivity index (χ0n) is 16.7. The molecule has 4 atom stereocenters. The number of amides is 1. The van der Waals surface area contributed by atoms with E-state index in [-0.39, 0.29) is 11.7 Å². The lowest BCUT2D eigenvalue weighted by molar-refractivity contribution is -0.264. The van der Waals surface area contributed by atoms with Crippen molar-refractivity contribution >= 4 is 22.9 Å². The lowest BCUT2D eigenvalue weighted by Crippen LogP contribution is -2.42. The van der Waals surface area contributed by atoms with Gasteiger partial charge in [0.2, 0.25) is 0 Å². The standard InChI is InChI=1S/C20H20FN5O5/c1-19(2)29-13-14(30-19)20(21,8-27)31-18(13)26-10-24-12-15(22-9-23-16(12)26)25-17(28)11-6-4-3-5-7-11/h3-7,9-10,13-14,18,27H,8H2,1-2H3,(H,22,23,25,28)/t13?,14-,18-,20-/m1/s1. The van der Waals surface area contributed by atoms with Crippen LogP contribution in [0.15, 0.2) is 43.0 Å². The molecule has 0 saturated carbocycles. The Hall–Kier alpha value is -2.99. The van der Waals surface area contributed by atoms with E-state index in [4.69, 9.17) is 14.2 Å². The summed E-state index contributed by atoms with van der Waals surface area (Å²) in [6, 6.07) is 8.66. The van der Waals surface area contributed by atoms with E-state index in [0.717, 1.165) is 0 Å². The number of rotatable bonds is 4. The van der Waals surface area contributed by atoms with Gasteiger partial charge in [-0.2, -0.15) is 0 Å². The monoisotopic (exact) mass is 429 g/mol. The summed E-state index contributed by atoms with van der Waals surface area (Å²) in [5.41, 5.74) is 1.06. The van der Waals surface area contributed by atoms with E-state index in [1.807, 2.05) is 6.07 Å². The number of aliphatic hydroxyl groups is 1. The maximum atomic E-state index is 15.2.